The predicted octanol–water partition coefficient (Wildman–Crippen LogP) is 4.85. The van der Waals surface area contributed by atoms with Gasteiger partial charge in [-0.3, -0.25) is 19.8 Å². The van der Waals surface area contributed by atoms with Crippen molar-refractivity contribution < 1.29 is 4.79 Å². The smallest absolute Gasteiger partial charge is 0.278 e. The molecule has 4 aromatic rings. The van der Waals surface area contributed by atoms with Gasteiger partial charge in [0.1, 0.15) is 0 Å². The number of fused-ring (bicyclic) bond motifs is 2. The van der Waals surface area contributed by atoms with Gasteiger partial charge in [-0.25, -0.2) is 9.67 Å². The Hall–Kier alpha value is -3.36. The number of anilines is 1. The molecule has 0 radical (unpaired) electrons. The molecule has 0 atom stereocenters. The molecule has 2 aromatic carbocycles. The van der Waals surface area contributed by atoms with Crippen LogP contribution in [0.2, 0.25) is 0 Å². The minimum absolute atomic E-state index is 0.156. The summed E-state index contributed by atoms with van der Waals surface area (Å²) in [6, 6.07) is 17.6. The van der Waals surface area contributed by atoms with Gasteiger partial charge in [-0.05, 0) is 18.1 Å². The van der Waals surface area contributed by atoms with Gasteiger partial charge in [-0.1, -0.05) is 68.3 Å². The molecular weight excluding hydrogens is 458 g/mol. The molecule has 0 saturated heterocycles. The van der Waals surface area contributed by atoms with Crippen LogP contribution < -0.4 is 10.9 Å². The van der Waals surface area contributed by atoms with E-state index in [9.17, 15) is 9.59 Å². The van der Waals surface area contributed by atoms with E-state index in [4.69, 9.17) is 4.98 Å². The maximum atomic E-state index is 13.3. The van der Waals surface area contributed by atoms with Crippen molar-refractivity contribution in [3.63, 3.8) is 0 Å². The highest BCUT2D eigenvalue weighted by Gasteiger charge is 2.23. The highest BCUT2D eigenvalue weighted by molar-refractivity contribution is 7.15. The van der Waals surface area contributed by atoms with Gasteiger partial charge in [0.25, 0.3) is 11.5 Å². The molecule has 2 aromatic heterocycles. The Morgan fingerprint density at radius 2 is 1.83 bits per heavy atom. The molecule has 1 amide bonds. The quantitative estimate of drug-likeness (QED) is 0.359. The van der Waals surface area contributed by atoms with E-state index >= 15 is 0 Å². The van der Waals surface area contributed by atoms with E-state index in [1.165, 1.54) is 26.5 Å². The van der Waals surface area contributed by atoms with Gasteiger partial charge < -0.3 is 0 Å². The van der Waals surface area contributed by atoms with E-state index in [0.29, 0.717) is 22.4 Å². The van der Waals surface area contributed by atoms with Crippen LogP contribution in [0, 0.1) is 0 Å². The molecule has 180 valence electrons. The number of carbonyl (C=O) groups excluding carboxylic acids is 1. The minimum atomic E-state index is -0.335. The number of carbonyl (C=O) groups is 1. The van der Waals surface area contributed by atoms with Gasteiger partial charge in [0, 0.05) is 42.9 Å². The summed E-state index contributed by atoms with van der Waals surface area (Å²) < 4.78 is 1.43. The minimum Gasteiger partial charge on any atom is -0.296 e. The standard InChI is InChI=1S/C27H29N5O2S/c1-2-3-9-15-32-26(34)21-13-8-7-12-20(21)24(30-32)25(33)29-27-28-22-14-16-31(18-23(22)35-27)17-19-10-5-4-6-11-19/h4-8,10-13H,2-3,9,14-18H2,1H3,(H,28,29,33). The van der Waals surface area contributed by atoms with Crippen LogP contribution in [-0.4, -0.2) is 32.1 Å². The maximum Gasteiger partial charge on any atom is 0.278 e. The molecule has 8 heteroatoms. The normalized spacial score (nSPS) is 13.6. The second-order valence-corrected chi connectivity index (χ2v) is 10.0. The van der Waals surface area contributed by atoms with Crippen molar-refractivity contribution in [2.45, 2.75) is 52.2 Å². The molecule has 3 heterocycles. The zero-order valence-electron chi connectivity index (χ0n) is 19.9. The monoisotopic (exact) mass is 487 g/mol. The van der Waals surface area contributed by atoms with E-state index in [2.05, 4.69) is 46.5 Å². The molecule has 0 fully saturated rings. The largest absolute Gasteiger partial charge is 0.296 e. The van der Waals surface area contributed by atoms with Crippen molar-refractivity contribution in [3.8, 4) is 0 Å². The van der Waals surface area contributed by atoms with Gasteiger partial charge in [0.2, 0.25) is 0 Å². The zero-order chi connectivity index (χ0) is 24.2. The number of amides is 1. The molecule has 1 N–H and O–H groups in total. The van der Waals surface area contributed by atoms with Crippen molar-refractivity contribution in [2.75, 3.05) is 11.9 Å². The van der Waals surface area contributed by atoms with Crippen molar-refractivity contribution in [1.29, 1.82) is 0 Å². The number of rotatable bonds is 8. The number of unbranched alkanes of at least 4 members (excludes halogenated alkanes) is 2. The summed E-state index contributed by atoms with van der Waals surface area (Å²) in [5.74, 6) is -0.335. The fourth-order valence-corrected chi connectivity index (χ4v) is 5.55. The molecule has 5 rings (SSSR count). The van der Waals surface area contributed by atoms with Gasteiger partial charge in [-0.2, -0.15) is 5.10 Å². The number of benzene rings is 2. The van der Waals surface area contributed by atoms with E-state index < -0.39 is 0 Å². The first-order chi connectivity index (χ1) is 17.1. The highest BCUT2D eigenvalue weighted by Crippen LogP contribution is 2.29. The fourth-order valence-electron chi connectivity index (χ4n) is 4.50. The summed E-state index contributed by atoms with van der Waals surface area (Å²) in [6.45, 7) is 5.27. The Balaban J connectivity index is 1.35. The molecule has 0 saturated carbocycles. The lowest BCUT2D eigenvalue weighted by molar-refractivity contribution is 0.102. The Bertz CT molecular complexity index is 1400. The van der Waals surface area contributed by atoms with Crippen molar-refractivity contribution in [3.05, 3.63) is 86.8 Å². The third kappa shape index (κ3) is 5.18. The second kappa shape index (κ2) is 10.5. The van der Waals surface area contributed by atoms with Crippen LogP contribution in [-0.2, 0) is 26.1 Å². The van der Waals surface area contributed by atoms with Gasteiger partial charge in [0.15, 0.2) is 10.8 Å². The third-order valence-corrected chi connectivity index (χ3v) is 7.33. The molecule has 0 aliphatic carbocycles. The van der Waals surface area contributed by atoms with Crippen molar-refractivity contribution in [2.24, 2.45) is 0 Å². The lowest BCUT2D eigenvalue weighted by Gasteiger charge is -2.25. The van der Waals surface area contributed by atoms with Crippen LogP contribution in [0.25, 0.3) is 10.8 Å². The Morgan fingerprint density at radius 1 is 1.06 bits per heavy atom. The third-order valence-electron chi connectivity index (χ3n) is 6.34. The average Bonchev–Trinajstić information content (AvgIpc) is 3.27. The van der Waals surface area contributed by atoms with E-state index in [1.54, 1.807) is 12.1 Å². The first kappa shape index (κ1) is 23.4. The Kier molecular flexibility index (Phi) is 7.01. The van der Waals surface area contributed by atoms with Crippen LogP contribution in [0.4, 0.5) is 5.13 Å². The summed E-state index contributed by atoms with van der Waals surface area (Å²) in [6.07, 6.45) is 3.76. The fraction of sp³-hybridized carbons (Fsp3) is 0.333. The SMILES string of the molecule is CCCCCn1nc(C(=O)Nc2nc3c(s2)CN(Cc2ccccc2)CC3)c2ccccc2c1=O. The van der Waals surface area contributed by atoms with Crippen LogP contribution in [0.5, 0.6) is 0 Å². The zero-order valence-corrected chi connectivity index (χ0v) is 20.7. The molecule has 7 nitrogen and oxygen atoms in total. The highest BCUT2D eigenvalue weighted by atomic mass is 32.1. The lowest BCUT2D eigenvalue weighted by atomic mass is 10.1. The second-order valence-electron chi connectivity index (χ2n) is 8.92. The molecule has 0 bridgehead atoms. The van der Waals surface area contributed by atoms with Gasteiger partial charge >= 0.3 is 0 Å². The number of nitrogens with zero attached hydrogens (tertiary/aromatic N) is 4. The summed E-state index contributed by atoms with van der Waals surface area (Å²) in [5.41, 5.74) is 2.45. The number of hydrogen-bond acceptors (Lipinski definition) is 6. The van der Waals surface area contributed by atoms with E-state index in [-0.39, 0.29) is 17.2 Å². The first-order valence-electron chi connectivity index (χ1n) is 12.2. The average molecular weight is 488 g/mol. The summed E-state index contributed by atoms with van der Waals surface area (Å²) in [4.78, 5) is 34.5. The van der Waals surface area contributed by atoms with Crippen molar-refractivity contribution >= 4 is 33.1 Å². The molecular formula is C27H29N5O2S. The van der Waals surface area contributed by atoms with E-state index in [0.717, 1.165) is 51.0 Å². The number of hydrogen-bond donors (Lipinski definition) is 1. The number of thiazole rings is 1. The van der Waals surface area contributed by atoms with Crippen LogP contribution in [0.1, 0.15) is 52.8 Å². The lowest BCUT2D eigenvalue weighted by Crippen LogP contribution is -2.29. The van der Waals surface area contributed by atoms with Gasteiger partial charge in [-0.15, -0.1) is 11.3 Å². The van der Waals surface area contributed by atoms with Crippen LogP contribution in [0.15, 0.2) is 59.4 Å². The van der Waals surface area contributed by atoms with Gasteiger partial charge in [0.05, 0.1) is 11.1 Å². The maximum absolute atomic E-state index is 13.3. The topological polar surface area (TPSA) is 80.1 Å². The predicted molar refractivity (Wildman–Crippen MR) is 140 cm³/mol. The van der Waals surface area contributed by atoms with E-state index in [1.807, 2.05) is 18.2 Å². The molecule has 0 unspecified atom stereocenters. The van der Waals surface area contributed by atoms with Crippen LogP contribution >= 0.6 is 11.3 Å². The first-order valence-corrected chi connectivity index (χ1v) is 13.0. The summed E-state index contributed by atoms with van der Waals surface area (Å²) in [5, 5.41) is 9.09. The van der Waals surface area contributed by atoms with Crippen LogP contribution in [0.3, 0.4) is 0 Å². The Morgan fingerprint density at radius 3 is 2.63 bits per heavy atom. The molecule has 1 aliphatic heterocycles. The molecule has 1 aliphatic rings. The summed E-state index contributed by atoms with van der Waals surface area (Å²) >= 11 is 1.52. The molecule has 35 heavy (non-hydrogen) atoms. The number of nitrogens with one attached hydrogen (secondary N) is 1. The Labute approximate surface area is 208 Å². The number of aryl methyl sites for hydroxylation is 1. The van der Waals surface area contributed by atoms with Crippen molar-refractivity contribution in [1.82, 2.24) is 19.7 Å². The summed E-state index contributed by atoms with van der Waals surface area (Å²) in [7, 11) is 0. The molecule has 0 spiro atoms. The number of aromatic nitrogens is 3.